The predicted molar refractivity (Wildman–Crippen MR) is 80.6 cm³/mol. The highest BCUT2D eigenvalue weighted by Gasteiger charge is 2.07. The zero-order valence-corrected chi connectivity index (χ0v) is 12.4. The molecule has 1 aromatic carbocycles. The van der Waals surface area contributed by atoms with Gasteiger partial charge in [0.15, 0.2) is 0 Å². The van der Waals surface area contributed by atoms with Gasteiger partial charge < -0.3 is 14.8 Å². The van der Waals surface area contributed by atoms with Crippen LogP contribution in [0.4, 0.5) is 5.69 Å². The minimum atomic E-state index is 0.627. The number of nitrogens with zero attached hydrogens (tertiary/aromatic N) is 1. The molecule has 1 aromatic heterocycles. The van der Waals surface area contributed by atoms with Crippen molar-refractivity contribution in [1.29, 1.82) is 0 Å². The maximum Gasteiger partial charge on any atom is 0.212 e. The number of benzene rings is 1. The molecule has 20 heavy (non-hydrogen) atoms. The second-order valence-electron chi connectivity index (χ2n) is 4.65. The Bertz CT molecular complexity index is 580. The van der Waals surface area contributed by atoms with Crippen molar-refractivity contribution in [3.05, 3.63) is 47.2 Å². The van der Waals surface area contributed by atoms with Crippen LogP contribution < -0.4 is 14.8 Å². The monoisotopic (exact) mass is 272 g/mol. The number of hydrogen-bond donors (Lipinski definition) is 1. The third kappa shape index (κ3) is 3.02. The first kappa shape index (κ1) is 14.2. The number of hydrogen-bond acceptors (Lipinski definition) is 4. The number of ether oxygens (including phenoxy) is 2. The largest absolute Gasteiger partial charge is 0.496 e. The Kier molecular flexibility index (Phi) is 4.45. The van der Waals surface area contributed by atoms with Gasteiger partial charge in [-0.1, -0.05) is 12.1 Å². The summed E-state index contributed by atoms with van der Waals surface area (Å²) in [6.45, 7) is 4.81. The Labute approximate surface area is 119 Å². The Morgan fingerprint density at radius 3 is 2.45 bits per heavy atom. The molecule has 2 rings (SSSR count). The molecule has 0 fully saturated rings. The van der Waals surface area contributed by atoms with Crippen molar-refractivity contribution in [3.63, 3.8) is 0 Å². The van der Waals surface area contributed by atoms with Gasteiger partial charge in [-0.15, -0.1) is 0 Å². The highest BCUT2D eigenvalue weighted by molar-refractivity contribution is 5.59. The van der Waals surface area contributed by atoms with Crippen molar-refractivity contribution in [2.24, 2.45) is 0 Å². The fourth-order valence-electron chi connectivity index (χ4n) is 2.17. The molecule has 4 heteroatoms. The second kappa shape index (κ2) is 6.28. The van der Waals surface area contributed by atoms with Crippen molar-refractivity contribution in [1.82, 2.24) is 4.98 Å². The maximum absolute atomic E-state index is 5.43. The fraction of sp³-hybridized carbons (Fsp3) is 0.312. The third-order valence-corrected chi connectivity index (χ3v) is 3.30. The minimum Gasteiger partial charge on any atom is -0.496 e. The van der Waals surface area contributed by atoms with Crippen LogP contribution in [0, 0.1) is 13.8 Å². The van der Waals surface area contributed by atoms with E-state index in [0.717, 1.165) is 28.1 Å². The van der Waals surface area contributed by atoms with E-state index in [9.17, 15) is 0 Å². The van der Waals surface area contributed by atoms with Crippen molar-refractivity contribution in [2.75, 3.05) is 19.5 Å². The van der Waals surface area contributed by atoms with Crippen LogP contribution in [-0.2, 0) is 6.54 Å². The van der Waals surface area contributed by atoms with E-state index < -0.39 is 0 Å². The number of nitrogens with one attached hydrogen (secondary N) is 1. The number of aromatic nitrogens is 1. The van der Waals surface area contributed by atoms with Crippen LogP contribution in [0.5, 0.6) is 11.6 Å². The molecule has 2 aromatic rings. The maximum atomic E-state index is 5.43. The van der Waals surface area contributed by atoms with Gasteiger partial charge in [0.2, 0.25) is 5.88 Å². The summed E-state index contributed by atoms with van der Waals surface area (Å²) in [5.41, 5.74) is 4.43. The summed E-state index contributed by atoms with van der Waals surface area (Å²) in [5, 5.41) is 3.41. The van der Waals surface area contributed by atoms with E-state index in [1.807, 2.05) is 25.3 Å². The normalized spacial score (nSPS) is 10.2. The van der Waals surface area contributed by atoms with Gasteiger partial charge in [-0.25, -0.2) is 4.98 Å². The Morgan fingerprint density at radius 1 is 1.05 bits per heavy atom. The average Bonchev–Trinajstić information content (AvgIpc) is 2.47. The molecule has 4 nitrogen and oxygen atoms in total. The molecule has 0 aliphatic carbocycles. The Morgan fingerprint density at radius 2 is 1.85 bits per heavy atom. The molecule has 1 heterocycles. The van der Waals surface area contributed by atoms with Gasteiger partial charge in [0.05, 0.1) is 14.2 Å². The molecular formula is C16H20N2O2. The molecule has 0 unspecified atom stereocenters. The number of pyridine rings is 1. The van der Waals surface area contributed by atoms with Gasteiger partial charge in [-0.05, 0) is 31.0 Å². The lowest BCUT2D eigenvalue weighted by Crippen LogP contribution is -2.03. The zero-order chi connectivity index (χ0) is 14.5. The predicted octanol–water partition coefficient (Wildman–Crippen LogP) is 3.33. The highest BCUT2D eigenvalue weighted by Crippen LogP contribution is 2.29. The van der Waals surface area contributed by atoms with E-state index in [1.165, 1.54) is 0 Å². The van der Waals surface area contributed by atoms with Crippen LogP contribution in [0.25, 0.3) is 0 Å². The van der Waals surface area contributed by atoms with Gasteiger partial charge in [-0.3, -0.25) is 0 Å². The first-order valence-electron chi connectivity index (χ1n) is 6.52. The topological polar surface area (TPSA) is 43.4 Å². The van der Waals surface area contributed by atoms with Gasteiger partial charge in [0.1, 0.15) is 5.75 Å². The summed E-state index contributed by atoms with van der Waals surface area (Å²) < 4.78 is 10.5. The van der Waals surface area contributed by atoms with Crippen molar-refractivity contribution >= 4 is 5.69 Å². The lowest BCUT2D eigenvalue weighted by atomic mass is 10.1. The second-order valence-corrected chi connectivity index (χ2v) is 4.65. The number of aryl methyl sites for hydroxylation is 1. The lowest BCUT2D eigenvalue weighted by Gasteiger charge is -2.14. The Balaban J connectivity index is 2.10. The van der Waals surface area contributed by atoms with E-state index in [-0.39, 0.29) is 0 Å². The van der Waals surface area contributed by atoms with Crippen LogP contribution in [0.2, 0.25) is 0 Å². The van der Waals surface area contributed by atoms with Gasteiger partial charge in [0, 0.05) is 30.1 Å². The molecule has 0 aliphatic rings. The molecule has 0 amide bonds. The molecular weight excluding hydrogens is 252 g/mol. The van der Waals surface area contributed by atoms with Crippen LogP contribution in [0.1, 0.15) is 16.7 Å². The molecule has 0 saturated carbocycles. The number of methoxy groups -OCH3 is 2. The first-order chi connectivity index (χ1) is 9.65. The molecule has 0 saturated heterocycles. The van der Waals surface area contributed by atoms with E-state index in [4.69, 9.17) is 9.47 Å². The third-order valence-electron chi connectivity index (χ3n) is 3.30. The summed E-state index contributed by atoms with van der Waals surface area (Å²) in [6, 6.07) is 7.99. The van der Waals surface area contributed by atoms with Crippen LogP contribution in [0.3, 0.4) is 0 Å². The molecule has 0 aliphatic heterocycles. The van der Waals surface area contributed by atoms with Gasteiger partial charge in [0.25, 0.3) is 0 Å². The molecule has 0 bridgehead atoms. The molecule has 106 valence electrons. The summed E-state index contributed by atoms with van der Waals surface area (Å²) in [7, 11) is 3.31. The van der Waals surface area contributed by atoms with Gasteiger partial charge >= 0.3 is 0 Å². The summed E-state index contributed by atoms with van der Waals surface area (Å²) in [5.74, 6) is 1.56. The first-order valence-corrected chi connectivity index (χ1v) is 6.52. The molecule has 0 spiro atoms. The number of anilines is 1. The van der Waals surface area contributed by atoms with Crippen molar-refractivity contribution in [2.45, 2.75) is 20.4 Å². The lowest BCUT2D eigenvalue weighted by molar-refractivity contribution is 0.397. The molecule has 0 atom stereocenters. The van der Waals surface area contributed by atoms with Crippen molar-refractivity contribution < 1.29 is 9.47 Å². The zero-order valence-electron chi connectivity index (χ0n) is 12.4. The SMILES string of the molecule is COc1ccc(CNc2ccc(C)c(OC)c2C)cn1. The quantitative estimate of drug-likeness (QED) is 0.906. The van der Waals surface area contributed by atoms with Crippen LogP contribution >= 0.6 is 0 Å². The summed E-state index contributed by atoms with van der Waals surface area (Å²) >= 11 is 0. The van der Waals surface area contributed by atoms with E-state index in [1.54, 1.807) is 14.2 Å². The Hall–Kier alpha value is -2.23. The van der Waals surface area contributed by atoms with Crippen molar-refractivity contribution in [3.8, 4) is 11.6 Å². The highest BCUT2D eigenvalue weighted by atomic mass is 16.5. The standard InChI is InChI=1S/C16H20N2O2/c1-11-5-7-14(12(2)16(11)20-4)17-9-13-6-8-15(19-3)18-10-13/h5-8,10,17H,9H2,1-4H3. The smallest absolute Gasteiger partial charge is 0.212 e. The van der Waals surface area contributed by atoms with E-state index >= 15 is 0 Å². The number of rotatable bonds is 5. The van der Waals surface area contributed by atoms with Crippen LogP contribution in [-0.4, -0.2) is 19.2 Å². The summed E-state index contributed by atoms with van der Waals surface area (Å²) in [6.07, 6.45) is 1.81. The fourth-order valence-corrected chi connectivity index (χ4v) is 2.17. The van der Waals surface area contributed by atoms with E-state index in [0.29, 0.717) is 12.4 Å². The van der Waals surface area contributed by atoms with Crippen LogP contribution in [0.15, 0.2) is 30.5 Å². The molecule has 0 radical (unpaired) electrons. The van der Waals surface area contributed by atoms with Gasteiger partial charge in [-0.2, -0.15) is 0 Å². The minimum absolute atomic E-state index is 0.627. The molecule has 1 N–H and O–H groups in total. The average molecular weight is 272 g/mol. The van der Waals surface area contributed by atoms with E-state index in [2.05, 4.69) is 29.4 Å². The summed E-state index contributed by atoms with van der Waals surface area (Å²) in [4.78, 5) is 4.19.